The second-order valence-corrected chi connectivity index (χ2v) is 5.62. The number of hydrogen-bond acceptors (Lipinski definition) is 1. The van der Waals surface area contributed by atoms with E-state index in [0.717, 1.165) is 28.4 Å². The van der Waals surface area contributed by atoms with Crippen molar-refractivity contribution in [2.45, 2.75) is 27.0 Å². The first-order chi connectivity index (χ1) is 10.2. The average molecular weight is 300 g/mol. The molecule has 0 radical (unpaired) electrons. The topological polar surface area (TPSA) is 14.2 Å². The average Bonchev–Trinajstić information content (AvgIpc) is 2.81. The first-order valence-electron chi connectivity index (χ1n) is 7.14. The van der Waals surface area contributed by atoms with Crippen molar-refractivity contribution >= 4 is 22.5 Å². The van der Waals surface area contributed by atoms with Crippen LogP contribution in [0.2, 0.25) is 5.02 Å². The van der Waals surface area contributed by atoms with Gasteiger partial charge in [-0.2, -0.15) is 0 Å². The van der Waals surface area contributed by atoms with Crippen molar-refractivity contribution < 1.29 is 4.74 Å². The predicted octanol–water partition coefficient (Wildman–Crippen LogP) is 5.20. The van der Waals surface area contributed by atoms with Crippen molar-refractivity contribution in [3.8, 4) is 5.75 Å². The van der Waals surface area contributed by atoms with Crippen molar-refractivity contribution in [3.05, 3.63) is 64.8 Å². The summed E-state index contributed by atoms with van der Waals surface area (Å²) in [7, 11) is 0. The van der Waals surface area contributed by atoms with Crippen LogP contribution >= 0.6 is 11.6 Å². The fraction of sp³-hybridized carbons (Fsp3) is 0.222. The third kappa shape index (κ3) is 2.91. The fourth-order valence-electron chi connectivity index (χ4n) is 2.65. The Hall–Kier alpha value is -1.93. The maximum atomic E-state index is 6.07. The van der Waals surface area contributed by atoms with Gasteiger partial charge in [-0.15, -0.1) is 0 Å². The van der Waals surface area contributed by atoms with E-state index in [2.05, 4.69) is 42.7 Å². The first kappa shape index (κ1) is 14.0. The van der Waals surface area contributed by atoms with Gasteiger partial charge in [-0.1, -0.05) is 23.7 Å². The molecular weight excluding hydrogens is 282 g/mol. The molecule has 0 amide bonds. The minimum absolute atomic E-state index is 0.559. The van der Waals surface area contributed by atoms with Gasteiger partial charge in [0, 0.05) is 22.5 Å². The molecule has 0 aliphatic heterocycles. The molecule has 0 N–H and O–H groups in total. The summed E-state index contributed by atoms with van der Waals surface area (Å²) in [5, 5.41) is 1.93. The van der Waals surface area contributed by atoms with E-state index in [1.165, 1.54) is 11.1 Å². The number of nitrogens with zero attached hydrogens (tertiary/aromatic N) is 1. The molecule has 2 nitrogen and oxygen atoms in total. The number of benzene rings is 2. The molecule has 3 rings (SSSR count). The second-order valence-electron chi connectivity index (χ2n) is 5.19. The van der Waals surface area contributed by atoms with Gasteiger partial charge in [0.2, 0.25) is 0 Å². The lowest BCUT2D eigenvalue weighted by molar-refractivity contribution is 0.296. The molecule has 0 unspecified atom stereocenters. The molecule has 1 aromatic heterocycles. The van der Waals surface area contributed by atoms with Gasteiger partial charge in [-0.05, 0) is 55.8 Å². The minimum atomic E-state index is 0.559. The Morgan fingerprint density at radius 1 is 1.10 bits per heavy atom. The maximum absolute atomic E-state index is 6.07. The molecule has 108 valence electrons. The molecule has 2 aromatic carbocycles. The Balaban J connectivity index is 1.89. The zero-order valence-electron chi connectivity index (χ0n) is 12.3. The predicted molar refractivity (Wildman–Crippen MR) is 88.1 cm³/mol. The van der Waals surface area contributed by atoms with Crippen LogP contribution in [-0.2, 0) is 13.2 Å². The van der Waals surface area contributed by atoms with Crippen LogP contribution in [0.4, 0.5) is 0 Å². The first-order valence-corrected chi connectivity index (χ1v) is 7.52. The molecule has 0 bridgehead atoms. The Morgan fingerprint density at radius 2 is 1.95 bits per heavy atom. The Labute approximate surface area is 129 Å². The van der Waals surface area contributed by atoms with Crippen LogP contribution in [0.25, 0.3) is 10.9 Å². The summed E-state index contributed by atoms with van der Waals surface area (Å²) in [5.41, 5.74) is 3.57. The number of rotatable bonds is 4. The highest BCUT2D eigenvalue weighted by molar-refractivity contribution is 6.31. The summed E-state index contributed by atoms with van der Waals surface area (Å²) in [4.78, 5) is 0. The smallest absolute Gasteiger partial charge is 0.128 e. The van der Waals surface area contributed by atoms with Crippen molar-refractivity contribution in [2.24, 2.45) is 0 Å². The number of aromatic nitrogens is 1. The number of aryl methyl sites for hydroxylation is 2. The lowest BCUT2D eigenvalue weighted by Crippen LogP contribution is -2.04. The Kier molecular flexibility index (Phi) is 3.89. The van der Waals surface area contributed by atoms with Crippen LogP contribution in [0, 0.1) is 6.92 Å². The van der Waals surface area contributed by atoms with Crippen LogP contribution in [0.1, 0.15) is 18.2 Å². The number of fused-ring (bicyclic) bond motifs is 1. The monoisotopic (exact) mass is 299 g/mol. The van der Waals surface area contributed by atoms with E-state index >= 15 is 0 Å². The summed E-state index contributed by atoms with van der Waals surface area (Å²) in [5.74, 6) is 0.904. The standard InChI is InChI=1S/C18H18ClNO/c1-3-20-16(11-14-10-15(19)7-8-18(14)20)12-21-17-6-4-5-13(2)9-17/h4-11H,3,12H2,1-2H3. The summed E-state index contributed by atoms with van der Waals surface area (Å²) in [6.07, 6.45) is 0. The van der Waals surface area contributed by atoms with E-state index in [1.807, 2.05) is 24.3 Å². The van der Waals surface area contributed by atoms with Gasteiger partial charge < -0.3 is 9.30 Å². The zero-order valence-corrected chi connectivity index (χ0v) is 13.0. The fourth-order valence-corrected chi connectivity index (χ4v) is 2.83. The van der Waals surface area contributed by atoms with E-state index in [1.54, 1.807) is 0 Å². The second kappa shape index (κ2) is 5.82. The quantitative estimate of drug-likeness (QED) is 0.645. The van der Waals surface area contributed by atoms with E-state index < -0.39 is 0 Å². The summed E-state index contributed by atoms with van der Waals surface area (Å²) in [6.45, 7) is 5.68. The zero-order chi connectivity index (χ0) is 14.8. The largest absolute Gasteiger partial charge is 0.487 e. The molecule has 0 atom stereocenters. The molecule has 0 aliphatic carbocycles. The maximum Gasteiger partial charge on any atom is 0.128 e. The SMILES string of the molecule is CCn1c(COc2cccc(C)c2)cc2cc(Cl)ccc21. The number of halogens is 1. The van der Waals surface area contributed by atoms with Gasteiger partial charge in [-0.25, -0.2) is 0 Å². The molecule has 0 saturated carbocycles. The van der Waals surface area contributed by atoms with Crippen molar-refractivity contribution in [1.82, 2.24) is 4.57 Å². The van der Waals surface area contributed by atoms with E-state index in [4.69, 9.17) is 16.3 Å². The van der Waals surface area contributed by atoms with Gasteiger partial charge in [0.25, 0.3) is 0 Å². The van der Waals surface area contributed by atoms with Crippen LogP contribution < -0.4 is 4.74 Å². The highest BCUT2D eigenvalue weighted by Crippen LogP contribution is 2.24. The summed E-state index contributed by atoms with van der Waals surface area (Å²) >= 11 is 6.07. The Bertz CT molecular complexity index is 776. The lowest BCUT2D eigenvalue weighted by Gasteiger charge is -2.10. The van der Waals surface area contributed by atoms with E-state index in [0.29, 0.717) is 6.61 Å². The molecular formula is C18H18ClNO. The normalized spacial score (nSPS) is 11.0. The highest BCUT2D eigenvalue weighted by Gasteiger charge is 2.08. The summed E-state index contributed by atoms with van der Waals surface area (Å²) < 4.78 is 8.19. The molecule has 0 fully saturated rings. The van der Waals surface area contributed by atoms with Crippen LogP contribution in [0.5, 0.6) is 5.75 Å². The van der Waals surface area contributed by atoms with Gasteiger partial charge in [0.05, 0.1) is 5.69 Å². The van der Waals surface area contributed by atoms with Crippen molar-refractivity contribution in [1.29, 1.82) is 0 Å². The highest BCUT2D eigenvalue weighted by atomic mass is 35.5. The summed E-state index contributed by atoms with van der Waals surface area (Å²) in [6, 6.07) is 16.3. The van der Waals surface area contributed by atoms with Gasteiger partial charge in [0.15, 0.2) is 0 Å². The van der Waals surface area contributed by atoms with E-state index in [9.17, 15) is 0 Å². The van der Waals surface area contributed by atoms with Crippen molar-refractivity contribution in [2.75, 3.05) is 0 Å². The van der Waals surface area contributed by atoms with Crippen molar-refractivity contribution in [3.63, 3.8) is 0 Å². The number of ether oxygens (including phenoxy) is 1. The molecule has 1 heterocycles. The van der Waals surface area contributed by atoms with E-state index in [-0.39, 0.29) is 0 Å². The molecule has 0 spiro atoms. The molecule has 3 heteroatoms. The van der Waals surface area contributed by atoms with Crippen LogP contribution in [0.15, 0.2) is 48.5 Å². The minimum Gasteiger partial charge on any atom is -0.487 e. The third-order valence-corrected chi connectivity index (χ3v) is 3.88. The molecule has 0 aliphatic rings. The molecule has 0 saturated heterocycles. The number of hydrogen-bond donors (Lipinski definition) is 0. The third-order valence-electron chi connectivity index (χ3n) is 3.64. The van der Waals surface area contributed by atoms with Gasteiger partial charge in [-0.3, -0.25) is 0 Å². The lowest BCUT2D eigenvalue weighted by atomic mass is 10.2. The van der Waals surface area contributed by atoms with Crippen LogP contribution in [-0.4, -0.2) is 4.57 Å². The molecule has 3 aromatic rings. The van der Waals surface area contributed by atoms with Gasteiger partial charge in [0.1, 0.15) is 12.4 Å². The van der Waals surface area contributed by atoms with Gasteiger partial charge >= 0.3 is 0 Å². The molecule has 21 heavy (non-hydrogen) atoms. The Morgan fingerprint density at radius 3 is 2.71 bits per heavy atom. The van der Waals surface area contributed by atoms with Crippen LogP contribution in [0.3, 0.4) is 0 Å².